The van der Waals surface area contributed by atoms with Crippen molar-refractivity contribution in [2.75, 3.05) is 12.4 Å². The Morgan fingerprint density at radius 1 is 1.04 bits per heavy atom. The van der Waals surface area contributed by atoms with Gasteiger partial charge in [0.15, 0.2) is 5.78 Å². The highest BCUT2D eigenvalue weighted by Gasteiger charge is 2.18. The second-order valence-electron chi connectivity index (χ2n) is 5.20. The Bertz CT molecular complexity index is 916. The number of amides is 1. The summed E-state index contributed by atoms with van der Waals surface area (Å²) < 4.78 is 10.7. The maximum Gasteiger partial charge on any atom is 0.313 e. The lowest BCUT2D eigenvalue weighted by molar-refractivity contribution is 0.0989. The maximum atomic E-state index is 12.2. The van der Waals surface area contributed by atoms with Gasteiger partial charge in [-0.05, 0) is 43.3 Å². The van der Waals surface area contributed by atoms with E-state index in [2.05, 4.69) is 15.5 Å². The number of rotatable bonds is 5. The summed E-state index contributed by atoms with van der Waals surface area (Å²) in [5, 5.41) is 10.3. The van der Waals surface area contributed by atoms with Crippen molar-refractivity contribution >= 4 is 17.4 Å². The molecule has 1 aromatic heterocycles. The molecule has 0 bridgehead atoms. The van der Waals surface area contributed by atoms with Crippen molar-refractivity contribution in [1.29, 1.82) is 0 Å². The van der Waals surface area contributed by atoms with E-state index in [9.17, 15) is 9.59 Å². The Hall–Kier alpha value is -3.48. The van der Waals surface area contributed by atoms with Crippen molar-refractivity contribution in [3.63, 3.8) is 0 Å². The number of hydrogen-bond acceptors (Lipinski definition) is 6. The van der Waals surface area contributed by atoms with Gasteiger partial charge in [0.25, 0.3) is 5.89 Å². The van der Waals surface area contributed by atoms with Crippen LogP contribution in [0.2, 0.25) is 0 Å². The molecule has 0 aliphatic carbocycles. The van der Waals surface area contributed by atoms with E-state index in [-0.39, 0.29) is 17.6 Å². The summed E-state index contributed by atoms with van der Waals surface area (Å²) in [5.74, 6) is 0.00413. The first-order chi connectivity index (χ1) is 12.1. The highest BCUT2D eigenvalue weighted by molar-refractivity contribution is 6.01. The second-order valence-corrected chi connectivity index (χ2v) is 5.20. The van der Waals surface area contributed by atoms with Gasteiger partial charge in [0.05, 0.1) is 12.7 Å². The molecule has 0 spiro atoms. The Morgan fingerprint density at radius 3 is 2.44 bits per heavy atom. The Morgan fingerprint density at radius 2 is 1.76 bits per heavy atom. The number of nitrogens with one attached hydrogen (secondary N) is 1. The third kappa shape index (κ3) is 3.55. The topological polar surface area (TPSA) is 94.3 Å². The number of ether oxygens (including phenoxy) is 1. The molecule has 0 atom stereocenters. The summed E-state index contributed by atoms with van der Waals surface area (Å²) in [6.07, 6.45) is 0. The molecular weight excluding hydrogens is 322 g/mol. The average molecular weight is 337 g/mol. The van der Waals surface area contributed by atoms with E-state index in [1.807, 2.05) is 6.07 Å². The standard InChI is InChI=1S/C18H15N3O4/c1-11(22)12-7-9-13(10-8-12)19-16(23)18-21-20-17(25-18)14-5-3-4-6-15(14)24-2/h3-10H,1-2H3,(H,19,23). The second kappa shape index (κ2) is 6.96. The van der Waals surface area contributed by atoms with Crippen LogP contribution in [-0.4, -0.2) is 29.0 Å². The molecule has 1 N–H and O–H groups in total. The molecule has 0 saturated heterocycles. The third-order valence-corrected chi connectivity index (χ3v) is 3.51. The summed E-state index contributed by atoms with van der Waals surface area (Å²) in [7, 11) is 1.54. The number of nitrogens with zero attached hydrogens (tertiary/aromatic N) is 2. The van der Waals surface area contributed by atoms with Crippen LogP contribution in [0.1, 0.15) is 28.0 Å². The number of ketones is 1. The zero-order valence-electron chi connectivity index (χ0n) is 13.6. The van der Waals surface area contributed by atoms with Gasteiger partial charge in [-0.25, -0.2) is 0 Å². The molecule has 2 aromatic carbocycles. The largest absolute Gasteiger partial charge is 0.496 e. The number of para-hydroxylation sites is 1. The molecule has 1 heterocycles. The number of carbonyl (C=O) groups is 2. The van der Waals surface area contributed by atoms with E-state index < -0.39 is 5.91 Å². The van der Waals surface area contributed by atoms with Crippen LogP contribution in [0.25, 0.3) is 11.5 Å². The van der Waals surface area contributed by atoms with Gasteiger partial charge in [-0.3, -0.25) is 9.59 Å². The smallest absolute Gasteiger partial charge is 0.313 e. The van der Waals surface area contributed by atoms with Crippen LogP contribution in [0, 0.1) is 0 Å². The highest BCUT2D eigenvalue weighted by atomic mass is 16.5. The van der Waals surface area contributed by atoms with Gasteiger partial charge in [0.2, 0.25) is 0 Å². The molecule has 0 saturated carbocycles. The van der Waals surface area contributed by atoms with Crippen LogP contribution in [-0.2, 0) is 0 Å². The monoisotopic (exact) mass is 337 g/mol. The number of methoxy groups -OCH3 is 1. The normalized spacial score (nSPS) is 10.3. The van der Waals surface area contributed by atoms with Gasteiger partial charge in [-0.15, -0.1) is 10.2 Å². The zero-order valence-corrected chi connectivity index (χ0v) is 13.6. The zero-order chi connectivity index (χ0) is 17.8. The molecule has 3 rings (SSSR count). The number of carbonyl (C=O) groups excluding carboxylic acids is 2. The lowest BCUT2D eigenvalue weighted by Gasteiger charge is -2.04. The highest BCUT2D eigenvalue weighted by Crippen LogP contribution is 2.28. The van der Waals surface area contributed by atoms with Crippen molar-refractivity contribution in [3.8, 4) is 17.2 Å². The number of Topliss-reactive ketones (excluding diaryl/α,β-unsaturated/α-hetero) is 1. The van der Waals surface area contributed by atoms with Gasteiger partial charge in [-0.1, -0.05) is 12.1 Å². The van der Waals surface area contributed by atoms with Crippen molar-refractivity contribution in [2.24, 2.45) is 0 Å². The van der Waals surface area contributed by atoms with Gasteiger partial charge in [0, 0.05) is 11.3 Å². The third-order valence-electron chi connectivity index (χ3n) is 3.51. The minimum absolute atomic E-state index is 0.0452. The van der Waals surface area contributed by atoms with Gasteiger partial charge in [0.1, 0.15) is 5.75 Å². The van der Waals surface area contributed by atoms with Gasteiger partial charge < -0.3 is 14.5 Å². The minimum atomic E-state index is -0.538. The minimum Gasteiger partial charge on any atom is -0.496 e. The van der Waals surface area contributed by atoms with Crippen LogP contribution in [0.5, 0.6) is 5.75 Å². The Kier molecular flexibility index (Phi) is 4.56. The Labute approximate surface area is 143 Å². The Balaban J connectivity index is 1.77. The van der Waals surface area contributed by atoms with E-state index >= 15 is 0 Å². The quantitative estimate of drug-likeness (QED) is 0.719. The van der Waals surface area contributed by atoms with Crippen LogP contribution >= 0.6 is 0 Å². The average Bonchev–Trinajstić information content (AvgIpc) is 3.12. The summed E-state index contributed by atoms with van der Waals surface area (Å²) in [6, 6.07) is 13.7. The first kappa shape index (κ1) is 16.4. The lowest BCUT2D eigenvalue weighted by atomic mass is 10.1. The summed E-state index contributed by atoms with van der Waals surface area (Å²) in [5.41, 5.74) is 1.68. The van der Waals surface area contributed by atoms with E-state index in [4.69, 9.17) is 9.15 Å². The molecule has 7 nitrogen and oxygen atoms in total. The van der Waals surface area contributed by atoms with Crippen molar-refractivity contribution in [3.05, 3.63) is 60.0 Å². The summed E-state index contributed by atoms with van der Waals surface area (Å²) in [4.78, 5) is 23.5. The van der Waals surface area contributed by atoms with Crippen molar-refractivity contribution in [2.45, 2.75) is 6.92 Å². The van der Waals surface area contributed by atoms with E-state index in [1.54, 1.807) is 42.5 Å². The number of anilines is 1. The molecule has 126 valence electrons. The van der Waals surface area contributed by atoms with Crippen LogP contribution < -0.4 is 10.1 Å². The molecule has 1 amide bonds. The first-order valence-electron chi connectivity index (χ1n) is 7.47. The fourth-order valence-electron chi connectivity index (χ4n) is 2.22. The molecule has 3 aromatic rings. The summed E-state index contributed by atoms with van der Waals surface area (Å²) in [6.45, 7) is 1.48. The molecule has 25 heavy (non-hydrogen) atoms. The summed E-state index contributed by atoms with van der Waals surface area (Å²) >= 11 is 0. The van der Waals surface area contributed by atoms with Gasteiger partial charge >= 0.3 is 11.8 Å². The predicted octanol–water partition coefficient (Wildman–Crippen LogP) is 3.20. The van der Waals surface area contributed by atoms with Crippen LogP contribution in [0.4, 0.5) is 5.69 Å². The fraction of sp³-hybridized carbons (Fsp3) is 0.111. The molecule has 0 radical (unpaired) electrons. The molecular formula is C18H15N3O4. The SMILES string of the molecule is COc1ccccc1-c1nnc(C(=O)Nc2ccc(C(C)=O)cc2)o1. The first-order valence-corrected chi connectivity index (χ1v) is 7.47. The molecule has 0 aliphatic heterocycles. The van der Waals surface area contributed by atoms with E-state index in [1.165, 1.54) is 14.0 Å². The number of hydrogen-bond donors (Lipinski definition) is 1. The molecule has 7 heteroatoms. The lowest BCUT2D eigenvalue weighted by Crippen LogP contribution is -2.12. The van der Waals surface area contributed by atoms with E-state index in [0.29, 0.717) is 22.6 Å². The molecule has 0 aliphatic rings. The maximum absolute atomic E-state index is 12.2. The number of aromatic nitrogens is 2. The fourth-order valence-corrected chi connectivity index (χ4v) is 2.22. The van der Waals surface area contributed by atoms with Crippen molar-refractivity contribution in [1.82, 2.24) is 10.2 Å². The number of benzene rings is 2. The van der Waals surface area contributed by atoms with E-state index in [0.717, 1.165) is 0 Å². The van der Waals surface area contributed by atoms with Crippen LogP contribution in [0.15, 0.2) is 52.9 Å². The van der Waals surface area contributed by atoms with Gasteiger partial charge in [-0.2, -0.15) is 0 Å². The predicted molar refractivity (Wildman–Crippen MR) is 90.7 cm³/mol. The van der Waals surface area contributed by atoms with Crippen molar-refractivity contribution < 1.29 is 18.7 Å². The molecule has 0 unspecified atom stereocenters. The molecule has 0 fully saturated rings. The van der Waals surface area contributed by atoms with Crippen LogP contribution in [0.3, 0.4) is 0 Å².